The Labute approximate surface area is 125 Å². The molecular formula is C15H25N3OS. The lowest BCUT2D eigenvalue weighted by Gasteiger charge is -2.22. The van der Waals surface area contributed by atoms with Crippen molar-refractivity contribution in [2.24, 2.45) is 17.1 Å². The Morgan fingerprint density at radius 1 is 1.55 bits per heavy atom. The van der Waals surface area contributed by atoms with E-state index in [4.69, 9.17) is 5.73 Å². The van der Waals surface area contributed by atoms with E-state index in [-0.39, 0.29) is 11.3 Å². The highest BCUT2D eigenvalue weighted by Crippen LogP contribution is 2.31. The van der Waals surface area contributed by atoms with E-state index in [1.165, 1.54) is 11.3 Å². The highest BCUT2D eigenvalue weighted by atomic mass is 32.1. The van der Waals surface area contributed by atoms with Crippen molar-refractivity contribution in [2.75, 3.05) is 19.6 Å². The second-order valence-electron chi connectivity index (χ2n) is 6.60. The lowest BCUT2D eigenvalue weighted by Crippen LogP contribution is -2.34. The number of hydrogen-bond donors (Lipinski definition) is 1. The molecule has 1 fully saturated rings. The summed E-state index contributed by atoms with van der Waals surface area (Å²) in [5, 5.41) is 0.977. The molecule has 0 bridgehead atoms. The third-order valence-electron chi connectivity index (χ3n) is 3.94. The van der Waals surface area contributed by atoms with Gasteiger partial charge in [-0.2, -0.15) is 0 Å². The van der Waals surface area contributed by atoms with Crippen LogP contribution in [0.2, 0.25) is 0 Å². The monoisotopic (exact) mass is 295 g/mol. The van der Waals surface area contributed by atoms with E-state index in [9.17, 15) is 4.79 Å². The van der Waals surface area contributed by atoms with E-state index in [2.05, 4.69) is 25.8 Å². The molecule has 1 atom stereocenters. The first kappa shape index (κ1) is 15.4. The maximum Gasteiger partial charge on any atom is 0.265 e. The van der Waals surface area contributed by atoms with Gasteiger partial charge < -0.3 is 10.6 Å². The highest BCUT2D eigenvalue weighted by Gasteiger charge is 2.36. The van der Waals surface area contributed by atoms with Crippen LogP contribution >= 0.6 is 11.3 Å². The zero-order valence-electron chi connectivity index (χ0n) is 12.9. The molecule has 5 heteroatoms. The van der Waals surface area contributed by atoms with Crippen molar-refractivity contribution in [3.05, 3.63) is 15.6 Å². The first-order chi connectivity index (χ1) is 9.34. The molecule has 1 unspecified atom stereocenters. The van der Waals surface area contributed by atoms with Gasteiger partial charge in [-0.05, 0) is 37.6 Å². The number of nitrogens with two attached hydrogens (primary N) is 1. The first-order valence-corrected chi connectivity index (χ1v) is 8.12. The molecule has 0 saturated carbocycles. The number of carbonyl (C=O) groups is 1. The van der Waals surface area contributed by atoms with E-state index in [1.807, 2.05) is 11.8 Å². The van der Waals surface area contributed by atoms with Crippen molar-refractivity contribution < 1.29 is 4.79 Å². The summed E-state index contributed by atoms with van der Waals surface area (Å²) in [6.45, 7) is 10.7. The maximum absolute atomic E-state index is 12.7. The molecule has 1 saturated heterocycles. The average molecular weight is 295 g/mol. The van der Waals surface area contributed by atoms with Crippen molar-refractivity contribution in [1.82, 2.24) is 9.88 Å². The minimum Gasteiger partial charge on any atom is -0.337 e. The number of aryl methyl sites for hydroxylation is 1. The third kappa shape index (κ3) is 3.20. The van der Waals surface area contributed by atoms with Gasteiger partial charge in [0.2, 0.25) is 0 Å². The Kier molecular flexibility index (Phi) is 4.49. The van der Waals surface area contributed by atoms with Crippen LogP contribution in [0, 0.1) is 18.3 Å². The van der Waals surface area contributed by atoms with Crippen molar-refractivity contribution in [3.63, 3.8) is 0 Å². The number of thiazole rings is 1. The largest absolute Gasteiger partial charge is 0.337 e. The van der Waals surface area contributed by atoms with Gasteiger partial charge in [0.25, 0.3) is 5.91 Å². The first-order valence-electron chi connectivity index (χ1n) is 7.30. The third-order valence-corrected chi connectivity index (χ3v) is 4.94. The number of aromatic nitrogens is 1. The topological polar surface area (TPSA) is 59.2 Å². The predicted molar refractivity (Wildman–Crippen MR) is 83.1 cm³/mol. The minimum atomic E-state index is 0.0770. The van der Waals surface area contributed by atoms with Crippen LogP contribution in [0.1, 0.15) is 47.6 Å². The van der Waals surface area contributed by atoms with Gasteiger partial charge in [0, 0.05) is 13.1 Å². The number of amides is 1. The summed E-state index contributed by atoms with van der Waals surface area (Å²) in [6.07, 6.45) is 1.86. The molecule has 0 aromatic carbocycles. The average Bonchev–Trinajstić information content (AvgIpc) is 2.92. The summed E-state index contributed by atoms with van der Waals surface area (Å²) >= 11 is 1.53. The Balaban J connectivity index is 2.18. The quantitative estimate of drug-likeness (QED) is 0.928. The Bertz CT molecular complexity index is 497. The molecule has 2 heterocycles. The van der Waals surface area contributed by atoms with E-state index in [0.717, 1.165) is 41.5 Å². The van der Waals surface area contributed by atoms with Gasteiger partial charge in [0.05, 0.1) is 10.7 Å². The normalized spacial score (nSPS) is 22.8. The van der Waals surface area contributed by atoms with E-state index in [0.29, 0.717) is 12.5 Å². The molecule has 1 amide bonds. The summed E-state index contributed by atoms with van der Waals surface area (Å²) in [4.78, 5) is 20.0. The molecule has 0 radical (unpaired) electrons. The molecule has 1 aromatic heterocycles. The molecule has 112 valence electrons. The molecule has 1 aliphatic rings. The lowest BCUT2D eigenvalue weighted by molar-refractivity contribution is 0.0780. The zero-order chi connectivity index (χ0) is 14.9. The van der Waals surface area contributed by atoms with Crippen LogP contribution in [-0.4, -0.2) is 35.4 Å². The summed E-state index contributed by atoms with van der Waals surface area (Å²) in [7, 11) is 0. The molecule has 0 spiro atoms. The molecule has 20 heavy (non-hydrogen) atoms. The fourth-order valence-corrected chi connectivity index (χ4v) is 3.58. The summed E-state index contributed by atoms with van der Waals surface area (Å²) in [5.41, 5.74) is 6.86. The van der Waals surface area contributed by atoms with Crippen LogP contribution in [-0.2, 0) is 6.42 Å². The lowest BCUT2D eigenvalue weighted by atomic mass is 9.90. The number of nitrogens with zero attached hydrogens (tertiary/aromatic N) is 2. The smallest absolute Gasteiger partial charge is 0.265 e. The summed E-state index contributed by atoms with van der Waals surface area (Å²) in [5.74, 6) is 0.652. The molecule has 2 rings (SSSR count). The molecule has 2 N–H and O–H groups in total. The summed E-state index contributed by atoms with van der Waals surface area (Å²) in [6, 6.07) is 0. The Hall–Kier alpha value is -0.940. The summed E-state index contributed by atoms with van der Waals surface area (Å²) < 4.78 is 0. The number of rotatable bonds is 4. The maximum atomic E-state index is 12.7. The standard InChI is InChI=1S/C15H25N3OS/c1-10(2)7-12-13(20-11(3)17-12)14(19)18-6-5-15(4,8-16)9-18/h10H,5-9,16H2,1-4H3. The van der Waals surface area contributed by atoms with Crippen LogP contribution in [0.3, 0.4) is 0 Å². The van der Waals surface area contributed by atoms with Gasteiger partial charge in [0.1, 0.15) is 4.88 Å². The fraction of sp³-hybridized carbons (Fsp3) is 0.733. The number of likely N-dealkylation sites (tertiary alicyclic amines) is 1. The van der Waals surface area contributed by atoms with Gasteiger partial charge in [-0.25, -0.2) is 4.98 Å². The Morgan fingerprint density at radius 2 is 2.25 bits per heavy atom. The second-order valence-corrected chi connectivity index (χ2v) is 7.80. The van der Waals surface area contributed by atoms with Crippen LogP contribution in [0.4, 0.5) is 0 Å². The fourth-order valence-electron chi connectivity index (χ4n) is 2.67. The van der Waals surface area contributed by atoms with Gasteiger partial charge in [-0.15, -0.1) is 11.3 Å². The molecule has 1 aliphatic heterocycles. The molecule has 1 aromatic rings. The second kappa shape index (κ2) is 5.82. The zero-order valence-corrected chi connectivity index (χ0v) is 13.7. The van der Waals surface area contributed by atoms with Crippen molar-refractivity contribution in [2.45, 2.75) is 40.5 Å². The van der Waals surface area contributed by atoms with E-state index < -0.39 is 0 Å². The van der Waals surface area contributed by atoms with Gasteiger partial charge in [-0.3, -0.25) is 4.79 Å². The van der Waals surface area contributed by atoms with E-state index in [1.54, 1.807) is 0 Å². The van der Waals surface area contributed by atoms with Crippen LogP contribution in [0.25, 0.3) is 0 Å². The van der Waals surface area contributed by atoms with Gasteiger partial charge >= 0.3 is 0 Å². The molecule has 4 nitrogen and oxygen atoms in total. The SMILES string of the molecule is Cc1nc(CC(C)C)c(C(=O)N2CCC(C)(CN)C2)s1. The number of carbonyl (C=O) groups excluding carboxylic acids is 1. The van der Waals surface area contributed by atoms with Crippen LogP contribution < -0.4 is 5.73 Å². The van der Waals surface area contributed by atoms with Crippen molar-refractivity contribution in [3.8, 4) is 0 Å². The highest BCUT2D eigenvalue weighted by molar-refractivity contribution is 7.13. The number of hydrogen-bond acceptors (Lipinski definition) is 4. The Morgan fingerprint density at radius 3 is 2.80 bits per heavy atom. The minimum absolute atomic E-state index is 0.0770. The van der Waals surface area contributed by atoms with Gasteiger partial charge in [0.15, 0.2) is 0 Å². The van der Waals surface area contributed by atoms with Crippen molar-refractivity contribution in [1.29, 1.82) is 0 Å². The molecular weight excluding hydrogens is 270 g/mol. The van der Waals surface area contributed by atoms with Crippen LogP contribution in [0.5, 0.6) is 0 Å². The van der Waals surface area contributed by atoms with Crippen molar-refractivity contribution >= 4 is 17.2 Å². The molecule has 0 aliphatic carbocycles. The van der Waals surface area contributed by atoms with Crippen LogP contribution in [0.15, 0.2) is 0 Å². The predicted octanol–water partition coefficient (Wildman–Crippen LogP) is 2.46. The van der Waals surface area contributed by atoms with Gasteiger partial charge in [-0.1, -0.05) is 20.8 Å². The van der Waals surface area contributed by atoms with E-state index >= 15 is 0 Å².